The summed E-state index contributed by atoms with van der Waals surface area (Å²) in [6, 6.07) is 6.63. The van der Waals surface area contributed by atoms with E-state index >= 15 is 0 Å². The van der Waals surface area contributed by atoms with Crippen LogP contribution < -0.4 is 5.32 Å². The summed E-state index contributed by atoms with van der Waals surface area (Å²) in [5.41, 5.74) is 3.05. The lowest BCUT2D eigenvalue weighted by Gasteiger charge is -2.13. The van der Waals surface area contributed by atoms with E-state index in [-0.39, 0.29) is 0 Å². The lowest BCUT2D eigenvalue weighted by atomic mass is 10.2. The molecular weight excluding hydrogens is 276 g/mol. The molecule has 1 aromatic heterocycles. The predicted octanol–water partition coefficient (Wildman–Crippen LogP) is 3.07. The van der Waals surface area contributed by atoms with Gasteiger partial charge < -0.3 is 9.73 Å². The molecule has 1 saturated heterocycles. The van der Waals surface area contributed by atoms with Crippen molar-refractivity contribution in [2.45, 2.75) is 19.5 Å². The molecule has 3 nitrogen and oxygen atoms in total. The van der Waals surface area contributed by atoms with Crippen LogP contribution in [0.1, 0.15) is 11.5 Å². The molecule has 1 N–H and O–H groups in total. The number of aromatic nitrogens is 1. The molecule has 0 spiro atoms. The molecule has 0 bridgehead atoms. The van der Waals surface area contributed by atoms with E-state index in [2.05, 4.69) is 23.3 Å². The zero-order chi connectivity index (χ0) is 13.1. The highest BCUT2D eigenvalue weighted by atomic mass is 32.2. The second-order valence-electron chi connectivity index (χ2n) is 4.76. The molecule has 5 heteroatoms. The van der Waals surface area contributed by atoms with E-state index < -0.39 is 0 Å². The quantitative estimate of drug-likeness (QED) is 0.941. The molecule has 1 aromatic carbocycles. The maximum absolute atomic E-state index is 5.78. The number of nitrogens with zero attached hydrogens (tertiary/aromatic N) is 1. The summed E-state index contributed by atoms with van der Waals surface area (Å²) in [6.45, 7) is 2.79. The van der Waals surface area contributed by atoms with Gasteiger partial charge >= 0.3 is 0 Å². The van der Waals surface area contributed by atoms with Crippen LogP contribution in [0.2, 0.25) is 0 Å². The first-order valence-electron chi connectivity index (χ1n) is 6.57. The maximum Gasteiger partial charge on any atom is 0.209 e. The lowest BCUT2D eigenvalue weighted by Crippen LogP contribution is -2.32. The number of thioether (sulfide) groups is 2. The molecule has 2 aromatic rings. The first-order valence-corrected chi connectivity index (χ1v) is 8.88. The second-order valence-corrected chi connectivity index (χ2v) is 7.06. The van der Waals surface area contributed by atoms with Gasteiger partial charge in [0.25, 0.3) is 0 Å². The van der Waals surface area contributed by atoms with E-state index in [0.29, 0.717) is 6.04 Å². The Bertz CT molecular complexity index is 547. The minimum absolute atomic E-state index is 0.564. The largest absolute Gasteiger partial charge is 0.439 e. The van der Waals surface area contributed by atoms with Gasteiger partial charge in [0, 0.05) is 29.1 Å². The van der Waals surface area contributed by atoms with Gasteiger partial charge in [0.05, 0.1) is 6.54 Å². The Morgan fingerprint density at radius 1 is 1.32 bits per heavy atom. The monoisotopic (exact) mass is 294 g/mol. The van der Waals surface area contributed by atoms with Gasteiger partial charge in [0.15, 0.2) is 5.58 Å². The third-order valence-corrected chi connectivity index (χ3v) is 5.74. The van der Waals surface area contributed by atoms with E-state index in [1.165, 1.54) is 28.6 Å². The molecule has 0 saturated carbocycles. The Kier molecular flexibility index (Phi) is 4.35. The van der Waals surface area contributed by atoms with Gasteiger partial charge in [-0.25, -0.2) is 4.98 Å². The lowest BCUT2D eigenvalue weighted by molar-refractivity contribution is 0.477. The molecule has 1 aliphatic heterocycles. The first-order chi connectivity index (χ1) is 9.33. The molecular formula is C14H18N2OS2. The van der Waals surface area contributed by atoms with Crippen LogP contribution in [0.4, 0.5) is 0 Å². The zero-order valence-corrected chi connectivity index (χ0v) is 12.6. The summed E-state index contributed by atoms with van der Waals surface area (Å²) in [5, 5.41) is 3.56. The highest BCUT2D eigenvalue weighted by molar-refractivity contribution is 8.03. The fourth-order valence-electron chi connectivity index (χ4n) is 2.17. The number of oxazole rings is 1. The number of hydrogen-bond acceptors (Lipinski definition) is 5. The third-order valence-electron chi connectivity index (χ3n) is 3.22. The van der Waals surface area contributed by atoms with Crippen LogP contribution in [0.15, 0.2) is 22.6 Å². The molecule has 0 amide bonds. The standard InChI is InChI=1S/C14H18N2OS2/c1-10-3-2-4-12-14(10)16-13(17-12)7-15-11-8-18-5-6-19-9-11/h2-4,11,15H,5-9H2,1H3. The molecule has 1 fully saturated rings. The fraction of sp³-hybridized carbons (Fsp3) is 0.500. The molecule has 0 aliphatic carbocycles. The fourth-order valence-corrected chi connectivity index (χ4v) is 4.64. The zero-order valence-electron chi connectivity index (χ0n) is 11.0. The van der Waals surface area contributed by atoms with Crippen molar-refractivity contribution < 1.29 is 4.42 Å². The van der Waals surface area contributed by atoms with Gasteiger partial charge in [-0.3, -0.25) is 0 Å². The van der Waals surface area contributed by atoms with Crippen molar-refractivity contribution in [1.29, 1.82) is 0 Å². The molecule has 0 radical (unpaired) electrons. The van der Waals surface area contributed by atoms with E-state index in [0.717, 1.165) is 23.5 Å². The van der Waals surface area contributed by atoms with Crippen molar-refractivity contribution in [3.8, 4) is 0 Å². The second kappa shape index (κ2) is 6.20. The minimum Gasteiger partial charge on any atom is -0.439 e. The summed E-state index contributed by atoms with van der Waals surface area (Å²) in [4.78, 5) is 4.58. The van der Waals surface area contributed by atoms with Crippen molar-refractivity contribution in [1.82, 2.24) is 10.3 Å². The van der Waals surface area contributed by atoms with E-state index in [1.807, 2.05) is 35.7 Å². The Balaban J connectivity index is 1.66. The van der Waals surface area contributed by atoms with Crippen molar-refractivity contribution in [2.24, 2.45) is 0 Å². The number of fused-ring (bicyclic) bond motifs is 1. The molecule has 19 heavy (non-hydrogen) atoms. The molecule has 0 atom stereocenters. The SMILES string of the molecule is Cc1cccc2oc(CNC3CSCCSC3)nc12. The van der Waals surface area contributed by atoms with Crippen LogP contribution in [0.5, 0.6) is 0 Å². The van der Waals surface area contributed by atoms with Crippen LogP contribution in [-0.2, 0) is 6.54 Å². The van der Waals surface area contributed by atoms with E-state index in [4.69, 9.17) is 4.42 Å². The third kappa shape index (κ3) is 3.27. The van der Waals surface area contributed by atoms with Gasteiger partial charge in [-0.15, -0.1) is 0 Å². The highest BCUT2D eigenvalue weighted by Gasteiger charge is 2.14. The van der Waals surface area contributed by atoms with E-state index in [9.17, 15) is 0 Å². The smallest absolute Gasteiger partial charge is 0.209 e. The van der Waals surface area contributed by atoms with Crippen LogP contribution >= 0.6 is 23.5 Å². The summed E-state index contributed by atoms with van der Waals surface area (Å²) in [5.74, 6) is 5.71. The van der Waals surface area contributed by atoms with Crippen LogP contribution in [-0.4, -0.2) is 34.0 Å². The summed E-state index contributed by atoms with van der Waals surface area (Å²) in [6.07, 6.45) is 0. The van der Waals surface area contributed by atoms with Crippen molar-refractivity contribution in [3.63, 3.8) is 0 Å². The van der Waals surface area contributed by atoms with Crippen molar-refractivity contribution in [3.05, 3.63) is 29.7 Å². The minimum atomic E-state index is 0.564. The van der Waals surface area contributed by atoms with Gasteiger partial charge in [0.2, 0.25) is 5.89 Å². The Morgan fingerprint density at radius 3 is 2.84 bits per heavy atom. The molecule has 102 valence electrons. The van der Waals surface area contributed by atoms with E-state index in [1.54, 1.807) is 0 Å². The normalized spacial score (nSPS) is 17.7. The van der Waals surface area contributed by atoms with Gasteiger partial charge in [0.1, 0.15) is 5.52 Å². The molecule has 3 rings (SSSR count). The van der Waals surface area contributed by atoms with Crippen LogP contribution in [0, 0.1) is 6.92 Å². The van der Waals surface area contributed by atoms with Gasteiger partial charge in [-0.2, -0.15) is 23.5 Å². The predicted molar refractivity (Wildman–Crippen MR) is 84.0 cm³/mol. The van der Waals surface area contributed by atoms with Gasteiger partial charge in [-0.05, 0) is 18.6 Å². The average Bonchev–Trinajstić information content (AvgIpc) is 2.66. The van der Waals surface area contributed by atoms with Gasteiger partial charge in [-0.1, -0.05) is 12.1 Å². The highest BCUT2D eigenvalue weighted by Crippen LogP contribution is 2.20. The average molecular weight is 294 g/mol. The summed E-state index contributed by atoms with van der Waals surface area (Å²) >= 11 is 4.06. The number of nitrogens with one attached hydrogen (secondary N) is 1. The Morgan fingerprint density at radius 2 is 2.11 bits per heavy atom. The van der Waals surface area contributed by atoms with Crippen LogP contribution in [0.3, 0.4) is 0 Å². The summed E-state index contributed by atoms with van der Waals surface area (Å²) in [7, 11) is 0. The molecule has 2 heterocycles. The first kappa shape index (κ1) is 13.3. The number of para-hydroxylation sites is 1. The molecule has 0 unspecified atom stereocenters. The maximum atomic E-state index is 5.78. The number of benzene rings is 1. The number of rotatable bonds is 3. The topological polar surface area (TPSA) is 38.1 Å². The number of hydrogen-bond donors (Lipinski definition) is 1. The van der Waals surface area contributed by atoms with Crippen LogP contribution in [0.25, 0.3) is 11.1 Å². The Hall–Kier alpha value is -0.650. The number of aryl methyl sites for hydroxylation is 1. The summed E-state index contributed by atoms with van der Waals surface area (Å²) < 4.78 is 5.78. The molecule has 1 aliphatic rings. The van der Waals surface area contributed by atoms with Crippen molar-refractivity contribution in [2.75, 3.05) is 23.0 Å². The van der Waals surface area contributed by atoms with Crippen molar-refractivity contribution >= 4 is 34.6 Å². The Labute approximate surface area is 121 Å².